The maximum Gasteiger partial charge on any atom is 0.243 e. The van der Waals surface area contributed by atoms with Gasteiger partial charge in [0.15, 0.2) is 5.84 Å². The summed E-state index contributed by atoms with van der Waals surface area (Å²) in [5.41, 5.74) is 6.72. The number of amidine groups is 1. The van der Waals surface area contributed by atoms with Crippen LogP contribution in [-0.4, -0.2) is 36.4 Å². The van der Waals surface area contributed by atoms with Gasteiger partial charge in [0, 0.05) is 6.54 Å². The van der Waals surface area contributed by atoms with Crippen molar-refractivity contribution >= 4 is 15.9 Å². The number of sulfonamides is 1. The van der Waals surface area contributed by atoms with Gasteiger partial charge in [-0.2, -0.15) is 4.31 Å². The van der Waals surface area contributed by atoms with E-state index in [4.69, 9.17) is 10.9 Å². The third kappa shape index (κ3) is 3.19. The van der Waals surface area contributed by atoms with Crippen molar-refractivity contribution in [2.24, 2.45) is 10.9 Å². The van der Waals surface area contributed by atoms with Crippen LogP contribution in [-0.2, 0) is 16.4 Å². The van der Waals surface area contributed by atoms with Crippen molar-refractivity contribution in [3.8, 4) is 0 Å². The van der Waals surface area contributed by atoms with Gasteiger partial charge in [0.1, 0.15) is 0 Å². The highest BCUT2D eigenvalue weighted by atomic mass is 32.2. The van der Waals surface area contributed by atoms with E-state index in [9.17, 15) is 8.42 Å². The van der Waals surface area contributed by atoms with E-state index in [2.05, 4.69) is 12.1 Å². The van der Waals surface area contributed by atoms with E-state index in [1.165, 1.54) is 4.31 Å². The average Bonchev–Trinajstić information content (AvgIpc) is 2.97. The minimum absolute atomic E-state index is 0.0568. The largest absolute Gasteiger partial charge is 0.409 e. The average molecular weight is 311 g/mol. The molecule has 0 aliphatic carbocycles. The van der Waals surface area contributed by atoms with Crippen LogP contribution in [0.2, 0.25) is 0 Å². The first-order valence-corrected chi connectivity index (χ1v) is 8.53. The smallest absolute Gasteiger partial charge is 0.243 e. The maximum atomic E-state index is 12.7. The van der Waals surface area contributed by atoms with Crippen LogP contribution in [0.5, 0.6) is 0 Å². The van der Waals surface area contributed by atoms with Crippen LogP contribution in [0.25, 0.3) is 0 Å². The molecule has 1 aliphatic heterocycles. The Balaban J connectivity index is 2.28. The Morgan fingerprint density at radius 3 is 2.67 bits per heavy atom. The number of hydrogen-bond acceptors (Lipinski definition) is 4. The van der Waals surface area contributed by atoms with Gasteiger partial charge in [-0.25, -0.2) is 8.42 Å². The standard InChI is InChI=1S/C14H21N3O3S/c1-2-4-11-6-8-12(9-7-11)21(19,20)17-10-3-5-13(17)14(15)16-18/h6-9,13,18H,2-5,10H2,1H3,(H2,15,16). The number of hydrogen-bond donors (Lipinski definition) is 2. The van der Waals surface area contributed by atoms with Crippen LogP contribution in [0.3, 0.4) is 0 Å². The molecule has 3 N–H and O–H groups in total. The predicted octanol–water partition coefficient (Wildman–Crippen LogP) is 1.54. The summed E-state index contributed by atoms with van der Waals surface area (Å²) in [4.78, 5) is 0.250. The van der Waals surface area contributed by atoms with Gasteiger partial charge in [0.2, 0.25) is 10.0 Å². The van der Waals surface area contributed by atoms with E-state index in [-0.39, 0.29) is 10.7 Å². The van der Waals surface area contributed by atoms with E-state index in [0.717, 1.165) is 18.4 Å². The molecule has 21 heavy (non-hydrogen) atoms. The Kier molecular flexibility index (Phi) is 4.84. The Morgan fingerprint density at radius 1 is 1.43 bits per heavy atom. The van der Waals surface area contributed by atoms with Gasteiger partial charge in [-0.1, -0.05) is 30.6 Å². The second kappa shape index (κ2) is 6.44. The molecule has 116 valence electrons. The summed E-state index contributed by atoms with van der Waals surface area (Å²) in [5, 5.41) is 11.7. The Hall–Kier alpha value is -1.60. The number of benzene rings is 1. The zero-order valence-corrected chi connectivity index (χ0v) is 12.9. The van der Waals surface area contributed by atoms with E-state index in [1.54, 1.807) is 12.1 Å². The highest BCUT2D eigenvalue weighted by Crippen LogP contribution is 2.26. The molecule has 1 atom stereocenters. The summed E-state index contributed by atoms with van der Waals surface area (Å²) in [6.07, 6.45) is 3.22. The van der Waals surface area contributed by atoms with Gasteiger partial charge >= 0.3 is 0 Å². The Bertz CT molecular complexity index is 611. The molecule has 0 bridgehead atoms. The van der Waals surface area contributed by atoms with Crippen LogP contribution < -0.4 is 5.73 Å². The summed E-state index contributed by atoms with van der Waals surface area (Å²) in [7, 11) is -3.61. The minimum atomic E-state index is -3.61. The monoisotopic (exact) mass is 311 g/mol. The fourth-order valence-electron chi connectivity index (χ4n) is 2.64. The normalized spacial score (nSPS) is 20.8. The molecule has 1 aromatic carbocycles. The molecule has 2 rings (SSSR count). The summed E-state index contributed by atoms with van der Waals surface area (Å²) in [6.45, 7) is 2.47. The fourth-order valence-corrected chi connectivity index (χ4v) is 4.31. The number of rotatable bonds is 5. The Labute approximate surface area is 125 Å². The molecule has 0 radical (unpaired) electrons. The molecular weight excluding hydrogens is 290 g/mol. The second-order valence-corrected chi connectivity index (χ2v) is 7.08. The van der Waals surface area contributed by atoms with Crippen LogP contribution in [0.4, 0.5) is 0 Å². The van der Waals surface area contributed by atoms with Crippen molar-refractivity contribution in [1.29, 1.82) is 0 Å². The molecule has 1 aromatic rings. The zero-order valence-electron chi connectivity index (χ0n) is 12.1. The molecule has 0 saturated carbocycles. The number of nitrogens with zero attached hydrogens (tertiary/aromatic N) is 2. The number of oxime groups is 1. The Morgan fingerprint density at radius 2 is 2.10 bits per heavy atom. The first-order valence-electron chi connectivity index (χ1n) is 7.09. The summed E-state index contributed by atoms with van der Waals surface area (Å²) in [5.74, 6) is -0.0568. The highest BCUT2D eigenvalue weighted by molar-refractivity contribution is 7.89. The van der Waals surface area contributed by atoms with E-state index >= 15 is 0 Å². The van der Waals surface area contributed by atoms with Gasteiger partial charge in [0.25, 0.3) is 0 Å². The molecule has 1 fully saturated rings. The fraction of sp³-hybridized carbons (Fsp3) is 0.500. The summed E-state index contributed by atoms with van der Waals surface area (Å²) in [6, 6.07) is 6.37. The van der Waals surface area contributed by atoms with Gasteiger partial charge in [-0.05, 0) is 37.0 Å². The lowest BCUT2D eigenvalue weighted by Gasteiger charge is -2.23. The topological polar surface area (TPSA) is 96.0 Å². The van der Waals surface area contributed by atoms with Gasteiger partial charge in [-0.3, -0.25) is 0 Å². The lowest BCUT2D eigenvalue weighted by Crippen LogP contribution is -2.43. The number of aryl methyl sites for hydroxylation is 1. The molecule has 0 aromatic heterocycles. The van der Waals surface area contributed by atoms with Crippen molar-refractivity contribution in [2.45, 2.75) is 43.5 Å². The molecule has 7 heteroatoms. The second-order valence-electron chi connectivity index (χ2n) is 5.19. The lowest BCUT2D eigenvalue weighted by molar-refractivity contribution is 0.311. The summed E-state index contributed by atoms with van der Waals surface area (Å²) >= 11 is 0. The maximum absolute atomic E-state index is 12.7. The molecule has 0 spiro atoms. The predicted molar refractivity (Wildman–Crippen MR) is 80.8 cm³/mol. The van der Waals surface area contributed by atoms with Gasteiger partial charge in [-0.15, -0.1) is 0 Å². The zero-order chi connectivity index (χ0) is 15.5. The molecule has 1 heterocycles. The molecule has 0 amide bonds. The van der Waals surface area contributed by atoms with Gasteiger partial charge in [0.05, 0.1) is 10.9 Å². The van der Waals surface area contributed by atoms with E-state index in [0.29, 0.717) is 19.4 Å². The highest BCUT2D eigenvalue weighted by Gasteiger charge is 2.37. The third-order valence-electron chi connectivity index (χ3n) is 3.73. The molecular formula is C14H21N3O3S. The van der Waals surface area contributed by atoms with Gasteiger partial charge < -0.3 is 10.9 Å². The summed E-state index contributed by atoms with van der Waals surface area (Å²) < 4.78 is 26.7. The molecule has 1 saturated heterocycles. The van der Waals surface area contributed by atoms with E-state index < -0.39 is 16.1 Å². The van der Waals surface area contributed by atoms with Crippen molar-refractivity contribution in [1.82, 2.24) is 4.31 Å². The lowest BCUT2D eigenvalue weighted by atomic mass is 10.1. The van der Waals surface area contributed by atoms with Crippen LogP contribution >= 0.6 is 0 Å². The van der Waals surface area contributed by atoms with Crippen LogP contribution in [0.1, 0.15) is 31.7 Å². The first-order chi connectivity index (χ1) is 10.0. The van der Waals surface area contributed by atoms with E-state index in [1.807, 2.05) is 12.1 Å². The van der Waals surface area contributed by atoms with Crippen molar-refractivity contribution in [2.75, 3.05) is 6.54 Å². The first kappa shape index (κ1) is 15.8. The number of nitrogens with two attached hydrogens (primary N) is 1. The van der Waals surface area contributed by atoms with Crippen molar-refractivity contribution < 1.29 is 13.6 Å². The third-order valence-corrected chi connectivity index (χ3v) is 5.65. The SMILES string of the molecule is CCCc1ccc(S(=O)(=O)N2CCCC2C(N)=NO)cc1. The molecule has 1 unspecified atom stereocenters. The minimum Gasteiger partial charge on any atom is -0.409 e. The molecule has 1 aliphatic rings. The van der Waals surface area contributed by atoms with Crippen LogP contribution in [0.15, 0.2) is 34.3 Å². The van der Waals surface area contributed by atoms with Crippen molar-refractivity contribution in [3.05, 3.63) is 29.8 Å². The molecule has 6 nitrogen and oxygen atoms in total. The van der Waals surface area contributed by atoms with Crippen LogP contribution in [0, 0.1) is 0 Å². The van der Waals surface area contributed by atoms with Crippen molar-refractivity contribution in [3.63, 3.8) is 0 Å². The quantitative estimate of drug-likeness (QED) is 0.373.